The second-order valence-electron chi connectivity index (χ2n) is 5.25. The van der Waals surface area contributed by atoms with Gasteiger partial charge in [-0.25, -0.2) is 0 Å². The molecule has 0 aliphatic heterocycles. The highest BCUT2D eigenvalue weighted by atomic mass is 32.1. The van der Waals surface area contributed by atoms with Gasteiger partial charge in [0.05, 0.1) is 7.11 Å². The van der Waals surface area contributed by atoms with Gasteiger partial charge in [0, 0.05) is 24.2 Å². The number of hydrogen-bond donors (Lipinski definition) is 1. The third-order valence-electron chi connectivity index (χ3n) is 3.55. The lowest BCUT2D eigenvalue weighted by atomic mass is 10.2. The van der Waals surface area contributed by atoms with Crippen molar-refractivity contribution in [3.05, 3.63) is 17.3 Å². The maximum absolute atomic E-state index is 5.33. The van der Waals surface area contributed by atoms with E-state index >= 15 is 0 Å². The van der Waals surface area contributed by atoms with Gasteiger partial charge < -0.3 is 10.1 Å². The van der Waals surface area contributed by atoms with Gasteiger partial charge in [-0.2, -0.15) is 4.98 Å². The van der Waals surface area contributed by atoms with Gasteiger partial charge >= 0.3 is 0 Å². The van der Waals surface area contributed by atoms with Gasteiger partial charge in [0.25, 0.3) is 0 Å². The number of methoxy groups -OCH3 is 1. The molecule has 92 valence electrons. The number of thiazole rings is 1. The predicted octanol–water partition coefficient (Wildman–Crippen LogP) is 2.29. The van der Waals surface area contributed by atoms with E-state index in [0.717, 1.165) is 23.1 Å². The molecule has 1 atom stereocenters. The smallest absolute Gasteiger partial charge is 0.237 e. The third kappa shape index (κ3) is 1.83. The first-order valence-corrected chi connectivity index (χ1v) is 6.71. The third-order valence-corrected chi connectivity index (χ3v) is 4.30. The number of aromatic nitrogens is 2. The van der Waals surface area contributed by atoms with Gasteiger partial charge in [-0.15, -0.1) is 11.3 Å². The quantitative estimate of drug-likeness (QED) is 0.906. The molecule has 1 unspecified atom stereocenters. The molecule has 1 aliphatic rings. The molecule has 2 aromatic rings. The van der Waals surface area contributed by atoms with Crippen LogP contribution in [0.1, 0.15) is 26.0 Å². The highest BCUT2D eigenvalue weighted by Crippen LogP contribution is 2.44. The number of hydrogen-bond acceptors (Lipinski definition) is 4. The fraction of sp³-hybridized carbons (Fsp3) is 0.583. The van der Waals surface area contributed by atoms with Crippen molar-refractivity contribution >= 4 is 16.3 Å². The van der Waals surface area contributed by atoms with Crippen LogP contribution in [0.15, 0.2) is 11.6 Å². The van der Waals surface area contributed by atoms with E-state index in [-0.39, 0.29) is 0 Å². The average molecular weight is 251 g/mol. The van der Waals surface area contributed by atoms with Gasteiger partial charge in [0.15, 0.2) is 4.96 Å². The summed E-state index contributed by atoms with van der Waals surface area (Å²) in [7, 11) is 1.68. The molecule has 3 rings (SSSR count). The van der Waals surface area contributed by atoms with Crippen molar-refractivity contribution in [2.45, 2.75) is 32.9 Å². The second-order valence-corrected chi connectivity index (χ2v) is 6.12. The highest BCUT2D eigenvalue weighted by Gasteiger charge is 2.45. The Bertz CT molecular complexity index is 543. The van der Waals surface area contributed by atoms with E-state index in [1.165, 1.54) is 6.42 Å². The Morgan fingerprint density at radius 2 is 2.41 bits per heavy atom. The minimum atomic E-state index is 0.450. The van der Waals surface area contributed by atoms with Crippen LogP contribution in [0.25, 0.3) is 4.96 Å². The lowest BCUT2D eigenvalue weighted by Gasteiger charge is -2.07. The molecule has 2 heterocycles. The summed E-state index contributed by atoms with van der Waals surface area (Å²) in [5.74, 6) is 0.739. The first-order chi connectivity index (χ1) is 8.12. The monoisotopic (exact) mass is 251 g/mol. The summed E-state index contributed by atoms with van der Waals surface area (Å²) in [5.41, 5.74) is 1.57. The highest BCUT2D eigenvalue weighted by molar-refractivity contribution is 7.15. The van der Waals surface area contributed by atoms with Gasteiger partial charge in [-0.1, -0.05) is 13.8 Å². The van der Waals surface area contributed by atoms with Crippen molar-refractivity contribution < 1.29 is 4.74 Å². The minimum Gasteiger partial charge on any atom is -0.480 e. The van der Waals surface area contributed by atoms with Gasteiger partial charge in [-0.05, 0) is 11.8 Å². The normalized spacial score (nSPS) is 21.9. The van der Waals surface area contributed by atoms with E-state index in [2.05, 4.69) is 28.5 Å². The van der Waals surface area contributed by atoms with Crippen LogP contribution >= 0.6 is 11.3 Å². The molecule has 5 heteroatoms. The molecule has 1 saturated carbocycles. The van der Waals surface area contributed by atoms with Crippen molar-refractivity contribution in [3.63, 3.8) is 0 Å². The summed E-state index contributed by atoms with van der Waals surface area (Å²) >= 11 is 1.63. The molecule has 0 bridgehead atoms. The Balaban J connectivity index is 1.81. The van der Waals surface area contributed by atoms with Crippen LogP contribution < -0.4 is 10.1 Å². The van der Waals surface area contributed by atoms with Crippen LogP contribution in [0.5, 0.6) is 5.88 Å². The van der Waals surface area contributed by atoms with Gasteiger partial charge in [0.2, 0.25) is 5.88 Å². The van der Waals surface area contributed by atoms with Crippen LogP contribution in [0.4, 0.5) is 0 Å². The predicted molar refractivity (Wildman–Crippen MR) is 68.6 cm³/mol. The molecular weight excluding hydrogens is 234 g/mol. The van der Waals surface area contributed by atoms with Crippen molar-refractivity contribution in [1.29, 1.82) is 0 Å². The number of nitrogens with zero attached hydrogens (tertiary/aromatic N) is 2. The summed E-state index contributed by atoms with van der Waals surface area (Å²) in [4.78, 5) is 5.44. The SMILES string of the molecule is COc1nc2sccn2c1CNC1CC1(C)C. The zero-order chi connectivity index (χ0) is 12.0. The largest absolute Gasteiger partial charge is 0.480 e. The van der Waals surface area contributed by atoms with Gasteiger partial charge in [0.1, 0.15) is 5.69 Å². The maximum atomic E-state index is 5.33. The molecule has 0 amide bonds. The number of nitrogens with one attached hydrogen (secondary N) is 1. The molecule has 0 radical (unpaired) electrons. The summed E-state index contributed by atoms with van der Waals surface area (Å²) in [5, 5.41) is 5.62. The topological polar surface area (TPSA) is 38.6 Å². The standard InChI is InChI=1S/C12H17N3OS/c1-12(2)6-9(12)13-7-8-10(16-3)14-11-15(8)4-5-17-11/h4-5,9,13H,6-7H2,1-3H3. The Kier molecular flexibility index (Phi) is 2.41. The zero-order valence-electron chi connectivity index (χ0n) is 10.4. The first-order valence-electron chi connectivity index (χ1n) is 5.83. The molecule has 0 aromatic carbocycles. The Labute approximate surface area is 105 Å². The molecule has 4 nitrogen and oxygen atoms in total. The fourth-order valence-corrected chi connectivity index (χ4v) is 2.90. The van der Waals surface area contributed by atoms with E-state index in [1.807, 2.05) is 11.6 Å². The van der Waals surface area contributed by atoms with Crippen LogP contribution in [0.3, 0.4) is 0 Å². The first kappa shape index (κ1) is 11.0. The van der Waals surface area contributed by atoms with Crippen molar-refractivity contribution in [1.82, 2.24) is 14.7 Å². The zero-order valence-corrected chi connectivity index (χ0v) is 11.2. The lowest BCUT2D eigenvalue weighted by Crippen LogP contribution is -2.21. The molecule has 1 aliphatic carbocycles. The van der Waals surface area contributed by atoms with E-state index < -0.39 is 0 Å². The average Bonchev–Trinajstić information content (AvgIpc) is 2.69. The maximum Gasteiger partial charge on any atom is 0.237 e. The second kappa shape index (κ2) is 3.71. The molecule has 2 aromatic heterocycles. The number of fused-ring (bicyclic) bond motifs is 1. The van der Waals surface area contributed by atoms with E-state index in [0.29, 0.717) is 11.5 Å². The van der Waals surface area contributed by atoms with Crippen LogP contribution in [-0.4, -0.2) is 22.5 Å². The Hall–Kier alpha value is -1.07. The fourth-order valence-electron chi connectivity index (χ4n) is 2.17. The number of imidazole rings is 1. The van der Waals surface area contributed by atoms with Crippen molar-refractivity contribution in [2.75, 3.05) is 7.11 Å². The summed E-state index contributed by atoms with van der Waals surface area (Å²) in [6.45, 7) is 5.39. The van der Waals surface area contributed by atoms with E-state index in [4.69, 9.17) is 4.74 Å². The molecule has 1 fully saturated rings. The molecule has 0 spiro atoms. The molecule has 1 N–H and O–H groups in total. The molecule has 17 heavy (non-hydrogen) atoms. The minimum absolute atomic E-state index is 0.450. The number of rotatable bonds is 4. The summed E-state index contributed by atoms with van der Waals surface area (Å²) < 4.78 is 7.43. The Morgan fingerprint density at radius 3 is 3.06 bits per heavy atom. The molecule has 0 saturated heterocycles. The summed E-state index contributed by atoms with van der Waals surface area (Å²) in [6.07, 6.45) is 3.30. The van der Waals surface area contributed by atoms with E-state index in [1.54, 1.807) is 18.4 Å². The Morgan fingerprint density at radius 1 is 1.65 bits per heavy atom. The molecular formula is C12H17N3OS. The summed E-state index contributed by atoms with van der Waals surface area (Å²) in [6, 6.07) is 0.622. The number of ether oxygens (including phenoxy) is 1. The van der Waals surface area contributed by atoms with Crippen LogP contribution in [0, 0.1) is 5.41 Å². The van der Waals surface area contributed by atoms with Crippen LogP contribution in [0.2, 0.25) is 0 Å². The lowest BCUT2D eigenvalue weighted by molar-refractivity contribution is 0.391. The van der Waals surface area contributed by atoms with Crippen molar-refractivity contribution in [3.8, 4) is 5.88 Å². The van der Waals surface area contributed by atoms with Crippen molar-refractivity contribution in [2.24, 2.45) is 5.41 Å². The van der Waals surface area contributed by atoms with E-state index in [9.17, 15) is 0 Å². The van der Waals surface area contributed by atoms with Crippen LogP contribution in [-0.2, 0) is 6.54 Å². The van der Waals surface area contributed by atoms with Gasteiger partial charge in [-0.3, -0.25) is 4.40 Å².